The first kappa shape index (κ1) is 22.9. The Bertz CT molecular complexity index is 485. The lowest BCUT2D eigenvalue weighted by atomic mass is 9.72. The molecule has 2 unspecified atom stereocenters. The predicted molar refractivity (Wildman–Crippen MR) is 98.5 cm³/mol. The van der Waals surface area contributed by atoms with Gasteiger partial charge in [-0.2, -0.15) is 0 Å². The second kappa shape index (κ2) is 9.18. The zero-order chi connectivity index (χ0) is 20.0. The van der Waals surface area contributed by atoms with Gasteiger partial charge in [-0.25, -0.2) is 0 Å². The van der Waals surface area contributed by atoms with Crippen LogP contribution < -0.4 is 0 Å². The number of ether oxygens (including phenoxy) is 4. The molecule has 152 valence electrons. The molecule has 0 amide bonds. The Morgan fingerprint density at radius 2 is 1.81 bits per heavy atom. The first-order chi connectivity index (χ1) is 12.0. The third-order valence-corrected chi connectivity index (χ3v) is 5.06. The summed E-state index contributed by atoms with van der Waals surface area (Å²) in [6.07, 6.45) is 3.70. The number of methoxy groups -OCH3 is 1. The van der Waals surface area contributed by atoms with E-state index in [1.807, 2.05) is 27.7 Å². The fourth-order valence-corrected chi connectivity index (χ4v) is 3.38. The molecule has 0 spiro atoms. The van der Waals surface area contributed by atoms with Gasteiger partial charge < -0.3 is 18.9 Å². The van der Waals surface area contributed by atoms with Gasteiger partial charge in [-0.05, 0) is 66.7 Å². The maximum atomic E-state index is 12.6. The molecule has 0 aliphatic carbocycles. The Morgan fingerprint density at radius 3 is 2.31 bits per heavy atom. The summed E-state index contributed by atoms with van der Waals surface area (Å²) in [6, 6.07) is 0. The molecule has 1 fully saturated rings. The topological polar surface area (TPSA) is 71.1 Å². The molecule has 1 rings (SSSR count). The number of carbonyl (C=O) groups is 2. The van der Waals surface area contributed by atoms with Crippen molar-refractivity contribution in [3.05, 3.63) is 0 Å². The van der Waals surface area contributed by atoms with Crippen LogP contribution in [0.3, 0.4) is 0 Å². The van der Waals surface area contributed by atoms with Crippen molar-refractivity contribution in [3.63, 3.8) is 0 Å². The van der Waals surface area contributed by atoms with E-state index in [9.17, 15) is 9.59 Å². The van der Waals surface area contributed by atoms with Crippen molar-refractivity contribution < 1.29 is 28.5 Å². The van der Waals surface area contributed by atoms with Crippen LogP contribution >= 0.6 is 0 Å². The molecule has 26 heavy (non-hydrogen) atoms. The number of esters is 2. The van der Waals surface area contributed by atoms with Crippen LogP contribution in [-0.2, 0) is 28.5 Å². The van der Waals surface area contributed by atoms with E-state index >= 15 is 0 Å². The standard InChI is InChI=1S/C20H36O6/c1-8-20(6,14-18(2,3)16(21)23-7)17(22)24-12-10-9-11-15-13-25-19(4,5)26-15/h15H,8-14H2,1-7H3. The average molecular weight is 373 g/mol. The number of rotatable bonds is 10. The maximum absolute atomic E-state index is 12.6. The largest absolute Gasteiger partial charge is 0.469 e. The van der Waals surface area contributed by atoms with Gasteiger partial charge in [0.05, 0.1) is 37.3 Å². The van der Waals surface area contributed by atoms with Gasteiger partial charge in [-0.15, -0.1) is 0 Å². The Balaban J connectivity index is 2.38. The van der Waals surface area contributed by atoms with Crippen LogP contribution in [-0.4, -0.2) is 44.2 Å². The van der Waals surface area contributed by atoms with E-state index in [-0.39, 0.29) is 18.0 Å². The molecule has 0 aromatic rings. The highest BCUT2D eigenvalue weighted by molar-refractivity contribution is 5.80. The Morgan fingerprint density at radius 1 is 1.15 bits per heavy atom. The van der Waals surface area contributed by atoms with Crippen molar-refractivity contribution in [2.24, 2.45) is 10.8 Å². The molecule has 0 saturated carbocycles. The van der Waals surface area contributed by atoms with E-state index in [4.69, 9.17) is 18.9 Å². The normalized spacial score (nSPS) is 21.9. The monoisotopic (exact) mass is 372 g/mol. The summed E-state index contributed by atoms with van der Waals surface area (Å²) in [7, 11) is 1.37. The van der Waals surface area contributed by atoms with E-state index in [1.54, 1.807) is 13.8 Å². The summed E-state index contributed by atoms with van der Waals surface area (Å²) in [4.78, 5) is 24.5. The summed E-state index contributed by atoms with van der Waals surface area (Å²) in [5.74, 6) is -1.06. The highest BCUT2D eigenvalue weighted by Crippen LogP contribution is 2.38. The smallest absolute Gasteiger partial charge is 0.311 e. The van der Waals surface area contributed by atoms with E-state index in [0.29, 0.717) is 26.1 Å². The van der Waals surface area contributed by atoms with E-state index < -0.39 is 16.6 Å². The van der Waals surface area contributed by atoms with Gasteiger partial charge in [-0.3, -0.25) is 9.59 Å². The summed E-state index contributed by atoms with van der Waals surface area (Å²) >= 11 is 0. The van der Waals surface area contributed by atoms with Gasteiger partial charge in [0.2, 0.25) is 0 Å². The zero-order valence-electron chi connectivity index (χ0n) is 17.5. The van der Waals surface area contributed by atoms with Gasteiger partial charge in [0.1, 0.15) is 0 Å². The van der Waals surface area contributed by atoms with Crippen LogP contribution in [0, 0.1) is 10.8 Å². The SMILES string of the molecule is CCC(C)(CC(C)(C)C(=O)OC)C(=O)OCCCCC1COC(C)(C)O1. The first-order valence-corrected chi connectivity index (χ1v) is 9.53. The van der Waals surface area contributed by atoms with Crippen LogP contribution in [0.15, 0.2) is 0 Å². The number of unbranched alkanes of at least 4 members (excludes halogenated alkanes) is 1. The molecule has 0 aromatic heterocycles. The van der Waals surface area contributed by atoms with Crippen LogP contribution in [0.5, 0.6) is 0 Å². The second-order valence-electron chi connectivity index (χ2n) is 8.55. The lowest BCUT2D eigenvalue weighted by Crippen LogP contribution is -2.38. The highest BCUT2D eigenvalue weighted by atomic mass is 16.7. The van der Waals surface area contributed by atoms with E-state index in [1.165, 1.54) is 7.11 Å². The Hall–Kier alpha value is -1.14. The molecule has 1 heterocycles. The van der Waals surface area contributed by atoms with Crippen molar-refractivity contribution >= 4 is 11.9 Å². The molecule has 0 aromatic carbocycles. The van der Waals surface area contributed by atoms with Gasteiger partial charge in [0.25, 0.3) is 0 Å². The number of hydrogen-bond donors (Lipinski definition) is 0. The summed E-state index contributed by atoms with van der Waals surface area (Å²) in [5.41, 5.74) is -1.44. The maximum Gasteiger partial charge on any atom is 0.311 e. The average Bonchev–Trinajstić information content (AvgIpc) is 2.91. The quantitative estimate of drug-likeness (QED) is 0.428. The van der Waals surface area contributed by atoms with E-state index in [2.05, 4.69) is 0 Å². The summed E-state index contributed by atoms with van der Waals surface area (Å²) in [5, 5.41) is 0. The molecule has 6 heteroatoms. The molecule has 1 aliphatic heterocycles. The van der Waals surface area contributed by atoms with Crippen molar-refractivity contribution in [1.82, 2.24) is 0 Å². The van der Waals surface area contributed by atoms with Gasteiger partial charge in [0.15, 0.2) is 5.79 Å². The Kier molecular flexibility index (Phi) is 8.08. The molecular formula is C20H36O6. The summed E-state index contributed by atoms with van der Waals surface area (Å²) < 4.78 is 21.6. The molecular weight excluding hydrogens is 336 g/mol. The Labute approximate surface area is 157 Å². The van der Waals surface area contributed by atoms with Crippen LogP contribution in [0.25, 0.3) is 0 Å². The minimum atomic E-state index is -0.731. The van der Waals surface area contributed by atoms with Crippen molar-refractivity contribution in [2.75, 3.05) is 20.3 Å². The molecule has 1 aliphatic rings. The van der Waals surface area contributed by atoms with Crippen LogP contribution in [0.1, 0.15) is 73.6 Å². The first-order valence-electron chi connectivity index (χ1n) is 9.53. The molecule has 1 saturated heterocycles. The number of hydrogen-bond acceptors (Lipinski definition) is 6. The predicted octanol–water partition coefficient (Wildman–Crippen LogP) is 3.86. The minimum absolute atomic E-state index is 0.113. The van der Waals surface area contributed by atoms with Crippen molar-refractivity contribution in [3.8, 4) is 0 Å². The van der Waals surface area contributed by atoms with Gasteiger partial charge in [-0.1, -0.05) is 6.92 Å². The van der Waals surface area contributed by atoms with E-state index in [0.717, 1.165) is 19.3 Å². The van der Waals surface area contributed by atoms with Crippen LogP contribution in [0.2, 0.25) is 0 Å². The molecule has 0 N–H and O–H groups in total. The van der Waals surface area contributed by atoms with Gasteiger partial charge in [0, 0.05) is 0 Å². The summed E-state index contributed by atoms with van der Waals surface area (Å²) in [6.45, 7) is 12.2. The fraction of sp³-hybridized carbons (Fsp3) is 0.900. The molecule has 0 bridgehead atoms. The van der Waals surface area contributed by atoms with Crippen LogP contribution in [0.4, 0.5) is 0 Å². The van der Waals surface area contributed by atoms with Crippen molar-refractivity contribution in [1.29, 1.82) is 0 Å². The number of carbonyl (C=O) groups excluding carboxylic acids is 2. The highest BCUT2D eigenvalue weighted by Gasteiger charge is 2.42. The lowest BCUT2D eigenvalue weighted by molar-refractivity contribution is -0.161. The third kappa shape index (κ3) is 6.54. The molecule has 6 nitrogen and oxygen atoms in total. The minimum Gasteiger partial charge on any atom is -0.469 e. The lowest BCUT2D eigenvalue weighted by Gasteiger charge is -2.33. The third-order valence-electron chi connectivity index (χ3n) is 5.06. The second-order valence-corrected chi connectivity index (χ2v) is 8.55. The van der Waals surface area contributed by atoms with Crippen molar-refractivity contribution in [2.45, 2.75) is 85.5 Å². The van der Waals surface area contributed by atoms with Gasteiger partial charge >= 0.3 is 11.9 Å². The zero-order valence-corrected chi connectivity index (χ0v) is 17.5. The molecule has 2 atom stereocenters. The molecule has 0 radical (unpaired) electrons. The fourth-order valence-electron chi connectivity index (χ4n) is 3.38.